The van der Waals surface area contributed by atoms with Crippen LogP contribution >= 0.6 is 0 Å². The van der Waals surface area contributed by atoms with Gasteiger partial charge in [-0.05, 0) is 58.8 Å². The van der Waals surface area contributed by atoms with Crippen molar-refractivity contribution in [2.45, 2.75) is 54.9 Å². The summed E-state index contributed by atoms with van der Waals surface area (Å²) in [7, 11) is 4.29. The molecule has 0 aromatic carbocycles. The number of hydrogen-bond donors (Lipinski definition) is 0. The molecule has 3 heterocycles. The Labute approximate surface area is 147 Å². The van der Waals surface area contributed by atoms with E-state index in [4.69, 9.17) is 9.47 Å². The van der Waals surface area contributed by atoms with Gasteiger partial charge >= 0.3 is 0 Å². The third-order valence-electron chi connectivity index (χ3n) is 4.07. The molecule has 144 valence electrons. The average molecular weight is 335 g/mol. The predicted molar refractivity (Wildman–Crippen MR) is 104 cm³/mol. The lowest BCUT2D eigenvalue weighted by Crippen LogP contribution is -2.32. The number of morpholine rings is 1. The van der Waals surface area contributed by atoms with Crippen LogP contribution in [0.4, 0.5) is 0 Å². The number of rotatable bonds is 0. The molecule has 0 N–H and O–H groups in total. The molecule has 0 aromatic heterocycles. The van der Waals surface area contributed by atoms with Gasteiger partial charge in [0.1, 0.15) is 0 Å². The van der Waals surface area contributed by atoms with E-state index in [9.17, 15) is 0 Å². The Morgan fingerprint density at radius 1 is 0.652 bits per heavy atom. The molecule has 0 saturated carbocycles. The Hall–Kier alpha value is -0.160. The first kappa shape index (κ1) is 27.7. The van der Waals surface area contributed by atoms with Crippen LogP contribution in [0.5, 0.6) is 0 Å². The number of nitrogens with zero attached hydrogens (tertiary/aromatic N) is 2. The van der Waals surface area contributed by atoms with Crippen molar-refractivity contribution in [3.8, 4) is 0 Å². The van der Waals surface area contributed by atoms with Gasteiger partial charge in [0.2, 0.25) is 0 Å². The maximum Gasteiger partial charge on any atom is 0.0594 e. The number of likely N-dealkylation sites (N-methyl/N-ethyl adjacent to an activating group) is 1. The maximum atomic E-state index is 5.14. The molecule has 0 unspecified atom stereocenters. The molecule has 0 spiro atoms. The van der Waals surface area contributed by atoms with Gasteiger partial charge in [0.25, 0.3) is 0 Å². The minimum atomic E-state index is 0. The molecule has 3 saturated heterocycles. The van der Waals surface area contributed by atoms with E-state index in [-0.39, 0.29) is 22.3 Å². The molecule has 3 fully saturated rings. The molecule has 0 atom stereocenters. The van der Waals surface area contributed by atoms with Crippen molar-refractivity contribution in [1.82, 2.24) is 9.80 Å². The number of hydrogen-bond acceptors (Lipinski definition) is 4. The van der Waals surface area contributed by atoms with Crippen LogP contribution in [-0.2, 0) is 9.47 Å². The summed E-state index contributed by atoms with van der Waals surface area (Å²) in [6.07, 6.45) is 5.35. The monoisotopic (exact) mass is 334 g/mol. The Balaban J connectivity index is -0.000000246. The van der Waals surface area contributed by atoms with Gasteiger partial charge in [-0.1, -0.05) is 29.2 Å². The maximum absolute atomic E-state index is 5.14. The standard InChI is InChI=1S/C6H12O.C5H11NO.C5H11N.3CH4/c2*1-6-2-4-7-5-3-6;1-6-4-2-3-5-6;;;/h6H,2-5H2,1H3;2-5H2,1H3;2-5H2,1H3;3*1H4. The van der Waals surface area contributed by atoms with Gasteiger partial charge in [0.05, 0.1) is 13.2 Å². The van der Waals surface area contributed by atoms with Crippen LogP contribution in [0.3, 0.4) is 0 Å². The van der Waals surface area contributed by atoms with E-state index in [1.54, 1.807) is 0 Å². The van der Waals surface area contributed by atoms with Crippen LogP contribution in [0.1, 0.15) is 54.9 Å². The van der Waals surface area contributed by atoms with Crippen LogP contribution < -0.4 is 0 Å². The third-order valence-corrected chi connectivity index (χ3v) is 4.07. The van der Waals surface area contributed by atoms with Gasteiger partial charge in [0, 0.05) is 26.3 Å². The second kappa shape index (κ2) is 18.2. The average Bonchev–Trinajstić information content (AvgIpc) is 2.93. The predicted octanol–water partition coefficient (Wildman–Crippen LogP) is 4.00. The molecule has 0 radical (unpaired) electrons. The fourth-order valence-electron chi connectivity index (χ4n) is 2.35. The normalized spacial score (nSPS) is 22.0. The van der Waals surface area contributed by atoms with Gasteiger partial charge in [-0.2, -0.15) is 0 Å². The first-order valence-electron chi connectivity index (χ1n) is 8.21. The van der Waals surface area contributed by atoms with E-state index < -0.39 is 0 Å². The third kappa shape index (κ3) is 16.5. The second-order valence-electron chi connectivity index (χ2n) is 6.22. The summed E-state index contributed by atoms with van der Waals surface area (Å²) in [5.41, 5.74) is 0. The van der Waals surface area contributed by atoms with Gasteiger partial charge < -0.3 is 19.3 Å². The molecular formula is C19H46N2O2. The minimum Gasteiger partial charge on any atom is -0.381 e. The lowest BCUT2D eigenvalue weighted by molar-refractivity contribution is 0.0503. The largest absolute Gasteiger partial charge is 0.381 e. The molecule has 4 heteroatoms. The lowest BCUT2D eigenvalue weighted by Gasteiger charge is -2.21. The zero-order valence-electron chi connectivity index (χ0n) is 13.8. The molecule has 3 rings (SSSR count). The van der Waals surface area contributed by atoms with Crippen LogP contribution in [0, 0.1) is 5.92 Å². The van der Waals surface area contributed by atoms with Crippen molar-refractivity contribution in [2.75, 3.05) is 66.7 Å². The van der Waals surface area contributed by atoms with Gasteiger partial charge in [-0.25, -0.2) is 0 Å². The highest BCUT2D eigenvalue weighted by atomic mass is 16.5. The van der Waals surface area contributed by atoms with Gasteiger partial charge in [-0.15, -0.1) is 0 Å². The summed E-state index contributed by atoms with van der Waals surface area (Å²) in [5, 5.41) is 0. The topological polar surface area (TPSA) is 24.9 Å². The van der Waals surface area contributed by atoms with E-state index >= 15 is 0 Å². The zero-order valence-corrected chi connectivity index (χ0v) is 13.8. The van der Waals surface area contributed by atoms with Crippen molar-refractivity contribution in [3.63, 3.8) is 0 Å². The summed E-state index contributed by atoms with van der Waals surface area (Å²) in [6, 6.07) is 0. The van der Waals surface area contributed by atoms with E-state index in [0.717, 1.165) is 45.4 Å². The van der Waals surface area contributed by atoms with Crippen molar-refractivity contribution < 1.29 is 9.47 Å². The summed E-state index contributed by atoms with van der Waals surface area (Å²) >= 11 is 0. The van der Waals surface area contributed by atoms with Crippen molar-refractivity contribution >= 4 is 0 Å². The van der Waals surface area contributed by atoms with E-state index in [2.05, 4.69) is 30.8 Å². The van der Waals surface area contributed by atoms with Crippen molar-refractivity contribution in [2.24, 2.45) is 5.92 Å². The van der Waals surface area contributed by atoms with E-state index in [1.165, 1.54) is 38.8 Å². The lowest BCUT2D eigenvalue weighted by atomic mass is 10.0. The van der Waals surface area contributed by atoms with Gasteiger partial charge in [-0.3, -0.25) is 0 Å². The van der Waals surface area contributed by atoms with Crippen LogP contribution in [0.15, 0.2) is 0 Å². The number of ether oxygens (including phenoxy) is 2. The Bertz CT molecular complexity index is 193. The molecule has 3 aliphatic rings. The summed E-state index contributed by atoms with van der Waals surface area (Å²) in [5.74, 6) is 0.911. The summed E-state index contributed by atoms with van der Waals surface area (Å²) in [4.78, 5) is 4.63. The molecular weight excluding hydrogens is 288 g/mol. The highest BCUT2D eigenvalue weighted by Crippen LogP contribution is 2.11. The molecule has 3 aliphatic heterocycles. The fraction of sp³-hybridized carbons (Fsp3) is 1.00. The molecule has 23 heavy (non-hydrogen) atoms. The van der Waals surface area contributed by atoms with E-state index in [0.29, 0.717) is 0 Å². The Kier molecular flexibility index (Phi) is 21.9. The summed E-state index contributed by atoms with van der Waals surface area (Å²) < 4.78 is 10.2. The quantitative estimate of drug-likeness (QED) is 0.668. The van der Waals surface area contributed by atoms with Crippen molar-refractivity contribution in [3.05, 3.63) is 0 Å². The first-order chi connectivity index (χ1) is 9.68. The van der Waals surface area contributed by atoms with Crippen LogP contribution in [0.25, 0.3) is 0 Å². The highest BCUT2D eigenvalue weighted by Gasteiger charge is 2.06. The smallest absolute Gasteiger partial charge is 0.0594 e. The van der Waals surface area contributed by atoms with Gasteiger partial charge in [0.15, 0.2) is 0 Å². The SMILES string of the molecule is C.C.C.CC1CCOCC1.CN1CCCC1.CN1CCOCC1. The molecule has 0 amide bonds. The molecule has 0 aromatic rings. The van der Waals surface area contributed by atoms with Crippen LogP contribution in [-0.4, -0.2) is 76.5 Å². The second-order valence-corrected chi connectivity index (χ2v) is 6.22. The zero-order chi connectivity index (χ0) is 14.6. The molecule has 0 aliphatic carbocycles. The highest BCUT2D eigenvalue weighted by molar-refractivity contribution is 4.59. The minimum absolute atomic E-state index is 0. The Morgan fingerprint density at radius 2 is 1.04 bits per heavy atom. The van der Waals surface area contributed by atoms with E-state index in [1.807, 2.05) is 0 Å². The van der Waals surface area contributed by atoms with Crippen molar-refractivity contribution in [1.29, 1.82) is 0 Å². The molecule has 0 bridgehead atoms. The summed E-state index contributed by atoms with van der Waals surface area (Å²) in [6.45, 7) is 10.9. The Morgan fingerprint density at radius 3 is 1.26 bits per heavy atom. The number of likely N-dealkylation sites (tertiary alicyclic amines) is 1. The first-order valence-corrected chi connectivity index (χ1v) is 8.21. The van der Waals surface area contributed by atoms with Crippen LogP contribution in [0.2, 0.25) is 0 Å². The molecule has 4 nitrogen and oxygen atoms in total. The fourth-order valence-corrected chi connectivity index (χ4v) is 2.35.